The van der Waals surface area contributed by atoms with Crippen molar-refractivity contribution in [3.63, 3.8) is 0 Å². The minimum Gasteiger partial charge on any atom is -0.324 e. The molecule has 0 aliphatic heterocycles. The normalized spacial score (nSPS) is 11.1. The largest absolute Gasteiger partial charge is 0.324 e. The lowest BCUT2D eigenvalue weighted by molar-refractivity contribution is -0.432. The van der Waals surface area contributed by atoms with Crippen molar-refractivity contribution < 1.29 is 27.6 Å². The first-order valence-corrected chi connectivity index (χ1v) is 13.5. The maximum Gasteiger partial charge on any atom is 0.295 e. The number of nitrogens with one attached hydrogen (secondary N) is 2. The fourth-order valence-corrected chi connectivity index (χ4v) is 4.64. The van der Waals surface area contributed by atoms with Crippen LogP contribution in [0.2, 0.25) is 0 Å². The molecule has 206 valence electrons. The van der Waals surface area contributed by atoms with Gasteiger partial charge in [0, 0.05) is 22.5 Å². The molecule has 4 aromatic rings. The summed E-state index contributed by atoms with van der Waals surface area (Å²) in [4.78, 5) is 25.0. The van der Waals surface area contributed by atoms with Crippen LogP contribution in [-0.4, -0.2) is 48.1 Å². The van der Waals surface area contributed by atoms with Crippen molar-refractivity contribution in [1.82, 2.24) is 29.9 Å². The van der Waals surface area contributed by atoms with Crippen LogP contribution in [0, 0.1) is 39.5 Å². The molecule has 0 saturated carbocycles. The summed E-state index contributed by atoms with van der Waals surface area (Å²) < 4.78 is 38.8. The summed E-state index contributed by atoms with van der Waals surface area (Å²) in [6.07, 6.45) is 0. The van der Waals surface area contributed by atoms with Gasteiger partial charge in [-0.15, -0.1) is 4.33 Å². The molecule has 2 aromatic heterocycles. The SMILES string of the molecule is Cc1nc(C)nc(Nc2ccc(C#Cc3ccc(Nc4nc(C)nc(C)n4)cc3S(=O)(=O)O)c(SOOO)c2)n1. The lowest BCUT2D eigenvalue weighted by Crippen LogP contribution is -2.05. The van der Waals surface area contributed by atoms with E-state index in [1.807, 2.05) is 0 Å². The predicted octanol–water partition coefficient (Wildman–Crippen LogP) is 3.85. The summed E-state index contributed by atoms with van der Waals surface area (Å²) in [5.74, 6) is 8.21. The van der Waals surface area contributed by atoms with Crippen LogP contribution in [0.25, 0.3) is 0 Å². The second kappa shape index (κ2) is 12.3. The van der Waals surface area contributed by atoms with Crippen LogP contribution in [0.3, 0.4) is 0 Å². The van der Waals surface area contributed by atoms with Gasteiger partial charge in [0.15, 0.2) is 0 Å². The van der Waals surface area contributed by atoms with Gasteiger partial charge in [-0.1, -0.05) is 16.9 Å². The summed E-state index contributed by atoms with van der Waals surface area (Å²) in [7, 11) is -4.65. The molecule has 0 amide bonds. The molecule has 16 heteroatoms. The highest BCUT2D eigenvalue weighted by atomic mass is 32.2. The van der Waals surface area contributed by atoms with Crippen molar-refractivity contribution in [1.29, 1.82) is 0 Å². The van der Waals surface area contributed by atoms with Crippen LogP contribution >= 0.6 is 12.0 Å². The lowest BCUT2D eigenvalue weighted by Gasteiger charge is -2.09. The van der Waals surface area contributed by atoms with E-state index in [2.05, 4.69) is 61.8 Å². The first-order valence-electron chi connectivity index (χ1n) is 11.3. The van der Waals surface area contributed by atoms with Crippen molar-refractivity contribution in [2.24, 2.45) is 0 Å². The second-order valence-electron chi connectivity index (χ2n) is 8.13. The molecule has 4 rings (SSSR count). The Kier molecular flexibility index (Phi) is 8.84. The van der Waals surface area contributed by atoms with Gasteiger partial charge in [0.05, 0.1) is 16.9 Å². The van der Waals surface area contributed by atoms with Crippen LogP contribution in [0.15, 0.2) is 46.2 Å². The van der Waals surface area contributed by atoms with Crippen molar-refractivity contribution >= 4 is 45.4 Å². The van der Waals surface area contributed by atoms with Crippen LogP contribution < -0.4 is 10.6 Å². The molecule has 0 saturated heterocycles. The minimum absolute atomic E-state index is 0.0321. The molecule has 0 aliphatic rings. The van der Waals surface area contributed by atoms with Crippen molar-refractivity contribution in [3.05, 3.63) is 70.8 Å². The molecule has 2 heterocycles. The van der Waals surface area contributed by atoms with E-state index in [-0.39, 0.29) is 11.5 Å². The fourth-order valence-electron chi connectivity index (χ4n) is 3.48. The summed E-state index contributed by atoms with van der Waals surface area (Å²) in [6, 6.07) is 9.18. The third kappa shape index (κ3) is 7.66. The zero-order chi connectivity index (χ0) is 28.9. The summed E-state index contributed by atoms with van der Waals surface area (Å²) in [5.41, 5.74) is 1.31. The molecule has 14 nitrogen and oxygen atoms in total. The first kappa shape index (κ1) is 28.8. The number of anilines is 4. The topological polar surface area (TPSA) is 194 Å². The molecular weight excluding hydrogens is 560 g/mol. The summed E-state index contributed by atoms with van der Waals surface area (Å²) in [6.45, 7) is 6.88. The van der Waals surface area contributed by atoms with Gasteiger partial charge in [-0.05, 0) is 64.1 Å². The molecule has 2 aromatic carbocycles. The van der Waals surface area contributed by atoms with Crippen LogP contribution in [-0.2, 0) is 19.5 Å². The number of hydrogen-bond donors (Lipinski definition) is 4. The van der Waals surface area contributed by atoms with Gasteiger partial charge < -0.3 is 10.6 Å². The maximum atomic E-state index is 12.2. The Bertz CT molecular complexity index is 1700. The van der Waals surface area contributed by atoms with Crippen molar-refractivity contribution in [2.45, 2.75) is 37.5 Å². The lowest BCUT2D eigenvalue weighted by atomic mass is 10.1. The molecule has 0 aliphatic carbocycles. The predicted molar refractivity (Wildman–Crippen MR) is 145 cm³/mol. The minimum atomic E-state index is -4.65. The van der Waals surface area contributed by atoms with Crippen LogP contribution in [0.4, 0.5) is 23.3 Å². The fraction of sp³-hybridized carbons (Fsp3) is 0.167. The number of aryl methyl sites for hydroxylation is 4. The molecule has 40 heavy (non-hydrogen) atoms. The van der Waals surface area contributed by atoms with E-state index in [1.165, 1.54) is 12.1 Å². The quantitative estimate of drug-likeness (QED) is 0.0768. The Morgan fingerprint density at radius 2 is 1.23 bits per heavy atom. The van der Waals surface area contributed by atoms with E-state index in [4.69, 9.17) is 5.26 Å². The van der Waals surface area contributed by atoms with Crippen LogP contribution in [0.1, 0.15) is 34.4 Å². The smallest absolute Gasteiger partial charge is 0.295 e. The molecule has 0 fully saturated rings. The number of rotatable bonds is 8. The van der Waals surface area contributed by atoms with E-state index in [1.54, 1.807) is 52.0 Å². The standard InChI is InChI=1S/C24H22N8O6S2/c1-13-25-14(2)28-23(27-13)31-19-9-7-17(21(11-19)39-38-37-33)5-6-18-8-10-20(12-22(18)40(34,35)36)32-24-29-15(3)26-16(4)30-24/h7-12,33H,1-4H3,(H,34,35,36)(H,25,27,28,31)(H,26,29,30,32). The van der Waals surface area contributed by atoms with Gasteiger partial charge >= 0.3 is 0 Å². The Morgan fingerprint density at radius 3 is 1.73 bits per heavy atom. The third-order valence-electron chi connectivity index (χ3n) is 4.96. The van der Waals surface area contributed by atoms with Crippen LogP contribution in [0.5, 0.6) is 0 Å². The Balaban J connectivity index is 1.66. The van der Waals surface area contributed by atoms with Crippen molar-refractivity contribution in [3.8, 4) is 11.8 Å². The third-order valence-corrected chi connectivity index (χ3v) is 6.50. The zero-order valence-corrected chi connectivity index (χ0v) is 23.1. The Labute approximate surface area is 233 Å². The van der Waals surface area contributed by atoms with Gasteiger partial charge in [0.25, 0.3) is 10.1 Å². The molecule has 0 radical (unpaired) electrons. The average molecular weight is 583 g/mol. The highest BCUT2D eigenvalue weighted by Crippen LogP contribution is 2.28. The van der Waals surface area contributed by atoms with E-state index < -0.39 is 15.0 Å². The van der Waals surface area contributed by atoms with Gasteiger partial charge in [-0.3, -0.25) is 4.55 Å². The molecule has 0 spiro atoms. The van der Waals surface area contributed by atoms with E-state index in [9.17, 15) is 13.0 Å². The van der Waals surface area contributed by atoms with Gasteiger partial charge in [0.2, 0.25) is 11.9 Å². The Hall–Kier alpha value is -4.24. The van der Waals surface area contributed by atoms with E-state index >= 15 is 0 Å². The van der Waals surface area contributed by atoms with Crippen molar-refractivity contribution in [2.75, 3.05) is 10.6 Å². The molecule has 4 N–H and O–H groups in total. The maximum absolute atomic E-state index is 12.2. The molecular formula is C24H22N8O6S2. The molecule has 0 unspecified atom stereocenters. The number of benzene rings is 2. The zero-order valence-electron chi connectivity index (χ0n) is 21.5. The van der Waals surface area contributed by atoms with Gasteiger partial charge in [0.1, 0.15) is 28.2 Å². The summed E-state index contributed by atoms with van der Waals surface area (Å²) in [5, 5.41) is 18.3. The highest BCUT2D eigenvalue weighted by molar-refractivity contribution is 7.94. The summed E-state index contributed by atoms with van der Waals surface area (Å²) >= 11 is 0.664. The molecule has 0 bridgehead atoms. The number of nitrogens with zero attached hydrogens (tertiary/aromatic N) is 6. The Morgan fingerprint density at radius 1 is 0.750 bits per heavy atom. The van der Waals surface area contributed by atoms with E-state index in [0.717, 1.165) is 0 Å². The van der Waals surface area contributed by atoms with Gasteiger partial charge in [-0.25, -0.2) is 15.2 Å². The number of aromatic nitrogens is 6. The monoisotopic (exact) mass is 582 g/mol. The average Bonchev–Trinajstić information content (AvgIpc) is 2.85. The highest BCUT2D eigenvalue weighted by Gasteiger charge is 2.16. The second-order valence-corrected chi connectivity index (χ2v) is 10.3. The van der Waals surface area contributed by atoms with Gasteiger partial charge in [-0.2, -0.15) is 28.4 Å². The molecule has 0 atom stereocenters. The first-order chi connectivity index (χ1) is 19.0. The number of hydrogen-bond acceptors (Lipinski definition) is 14. The van der Waals surface area contributed by atoms with E-state index in [0.29, 0.717) is 63.1 Å².